The molecule has 0 saturated carbocycles. The van der Waals surface area contributed by atoms with Crippen molar-refractivity contribution >= 4 is 27.0 Å². The lowest BCUT2D eigenvalue weighted by atomic mass is 9.69. The van der Waals surface area contributed by atoms with E-state index in [1.807, 2.05) is 89.3 Å². The fourth-order valence-corrected chi connectivity index (χ4v) is 8.20. The smallest absolute Gasteiger partial charge is 0.312 e. The van der Waals surface area contributed by atoms with Gasteiger partial charge in [-0.2, -0.15) is 0 Å². The summed E-state index contributed by atoms with van der Waals surface area (Å²) in [7, 11) is -3.26. The van der Waals surface area contributed by atoms with Crippen molar-refractivity contribution in [3.8, 4) is 0 Å². The maximum Gasteiger partial charge on any atom is 0.474 e. The van der Waals surface area contributed by atoms with Crippen LogP contribution in [0.1, 0.15) is 94.9 Å². The number of hydrogen-bond acceptors (Lipinski definition) is 9. The fourth-order valence-electron chi connectivity index (χ4n) is 6.68. The van der Waals surface area contributed by atoms with Crippen LogP contribution in [0, 0.1) is 10.8 Å². The molecule has 0 bridgehead atoms. The molecule has 0 aliphatic heterocycles. The lowest BCUT2D eigenvalue weighted by Crippen LogP contribution is -2.37. The van der Waals surface area contributed by atoms with Gasteiger partial charge in [0.25, 0.3) is 0 Å². The number of hydrogen-bond donors (Lipinski definition) is 0. The van der Waals surface area contributed by atoms with Gasteiger partial charge in [0.2, 0.25) is 0 Å². The Morgan fingerprint density at radius 2 is 1.15 bits per heavy atom. The van der Waals surface area contributed by atoms with Gasteiger partial charge in [-0.25, -0.2) is 4.57 Å². The van der Waals surface area contributed by atoms with Crippen LogP contribution in [-0.4, -0.2) is 51.8 Å². The van der Waals surface area contributed by atoms with Gasteiger partial charge >= 0.3 is 15.4 Å². The summed E-state index contributed by atoms with van der Waals surface area (Å²) < 4.78 is 50.7. The molecule has 304 valence electrons. The fraction of sp³-hybridized carbons (Fsp3) is 0.500. The molecule has 3 atom stereocenters. The van der Waals surface area contributed by atoms with Gasteiger partial charge in [0, 0.05) is 28.0 Å². The van der Waals surface area contributed by atoms with Crippen LogP contribution in [0.15, 0.2) is 117 Å². The Bertz CT molecular complexity index is 1830. The second-order valence-electron chi connectivity index (χ2n) is 15.7. The molecule has 2 rings (SSSR count). The number of Topliss-reactive ketones (excluding diaryl/α,β-unsaturated/α-hetero) is 2. The molecule has 0 N–H and O–H groups in total. The van der Waals surface area contributed by atoms with Crippen LogP contribution in [0.3, 0.4) is 0 Å². The summed E-state index contributed by atoms with van der Waals surface area (Å²) in [6, 6.07) is 0. The molecule has 0 amide bonds. The van der Waals surface area contributed by atoms with Gasteiger partial charge in [-0.15, -0.1) is 0 Å². The number of carbonyl (C=O) groups excluding carboxylic acids is 2. The number of allylic oxidation sites excluding steroid dienone is 18. The van der Waals surface area contributed by atoms with Crippen LogP contribution in [-0.2, 0) is 41.3 Å². The maximum atomic E-state index is 13.1. The van der Waals surface area contributed by atoms with Crippen molar-refractivity contribution < 1.29 is 41.3 Å². The van der Waals surface area contributed by atoms with Crippen LogP contribution >= 0.6 is 15.4 Å². The van der Waals surface area contributed by atoms with Crippen LogP contribution in [0.4, 0.5) is 0 Å². The SMILES string of the molecule is COP(C)(=O)OC1CC(C)(C)C(CC/C(C)=C/C=C/C(C)=C/C=C/C=C(C)/C=C/C=C(C)/C=C/C2=C(C)C(=O)C(OP(=O)(OC)OC)CC2(C)C)=C(C)C1=O. The first kappa shape index (κ1) is 48.1. The molecular formula is C44H64O9P2. The van der Waals surface area contributed by atoms with Crippen molar-refractivity contribution in [3.05, 3.63) is 117 Å². The van der Waals surface area contributed by atoms with Crippen molar-refractivity contribution in [2.75, 3.05) is 28.0 Å². The molecule has 9 nitrogen and oxygen atoms in total. The van der Waals surface area contributed by atoms with E-state index in [0.29, 0.717) is 24.0 Å². The summed E-state index contributed by atoms with van der Waals surface area (Å²) in [5.41, 5.74) is 7.10. The molecule has 0 aromatic rings. The molecule has 0 heterocycles. The summed E-state index contributed by atoms with van der Waals surface area (Å²) >= 11 is 0. The summed E-state index contributed by atoms with van der Waals surface area (Å²) in [5.74, 6) is -0.333. The number of phosphoric ester groups is 1. The Kier molecular flexibility index (Phi) is 18.3. The van der Waals surface area contributed by atoms with Gasteiger partial charge in [0.1, 0.15) is 12.2 Å². The molecule has 0 saturated heterocycles. The molecule has 3 unspecified atom stereocenters. The Hall–Kier alpha value is -3.00. The minimum Gasteiger partial charge on any atom is -0.312 e. The molecule has 0 aromatic carbocycles. The van der Waals surface area contributed by atoms with Crippen LogP contribution < -0.4 is 0 Å². The number of carbonyl (C=O) groups is 2. The van der Waals surface area contributed by atoms with Crippen LogP contribution in [0.5, 0.6) is 0 Å². The van der Waals surface area contributed by atoms with E-state index in [9.17, 15) is 18.7 Å². The van der Waals surface area contributed by atoms with E-state index in [1.165, 1.54) is 33.6 Å². The second-order valence-corrected chi connectivity index (χ2v) is 19.6. The standard InChI is InChI=1S/C44H64O9P2/c1-31(21-17-23-33(3)25-27-37-35(5)41(45)39(29-43(37,7)8)52-54(14,47)49-11)19-15-16-20-32(2)22-18-24-34(4)26-28-38-36(6)42(46)40(30-44(38,9)10)53-55(48,50-12)51-13/h15-24,26,28,39-40H,25,27,29-30H2,1-14H3/b16-15+,21-17+,22-18+,28-26+,31-19+,32-20+,33-23+,34-24+. The Morgan fingerprint density at radius 1 is 0.673 bits per heavy atom. The minimum atomic E-state index is -3.79. The van der Waals surface area contributed by atoms with Crippen molar-refractivity contribution in [3.63, 3.8) is 0 Å². The van der Waals surface area contributed by atoms with Gasteiger partial charge in [-0.05, 0) is 94.8 Å². The molecule has 11 heteroatoms. The minimum absolute atomic E-state index is 0.109. The average molecular weight is 799 g/mol. The predicted octanol–water partition coefficient (Wildman–Crippen LogP) is 12.0. The first-order valence-electron chi connectivity index (χ1n) is 18.6. The molecular weight excluding hydrogens is 734 g/mol. The highest BCUT2D eigenvalue weighted by Gasteiger charge is 2.43. The molecule has 0 radical (unpaired) electrons. The largest absolute Gasteiger partial charge is 0.474 e. The summed E-state index contributed by atoms with van der Waals surface area (Å²) in [6.07, 6.45) is 25.1. The Labute approximate surface area is 330 Å². The highest BCUT2D eigenvalue weighted by atomic mass is 31.2. The monoisotopic (exact) mass is 798 g/mol. The van der Waals surface area contributed by atoms with E-state index < -0.39 is 33.0 Å². The van der Waals surface area contributed by atoms with Crippen molar-refractivity contribution in [1.29, 1.82) is 0 Å². The molecule has 55 heavy (non-hydrogen) atoms. The van der Waals surface area contributed by atoms with E-state index in [0.717, 1.165) is 40.7 Å². The number of rotatable bonds is 18. The van der Waals surface area contributed by atoms with Crippen LogP contribution in [0.25, 0.3) is 0 Å². The second kappa shape index (κ2) is 21.0. The highest BCUT2D eigenvalue weighted by molar-refractivity contribution is 7.53. The first-order chi connectivity index (χ1) is 25.5. The Morgan fingerprint density at radius 3 is 1.69 bits per heavy atom. The highest BCUT2D eigenvalue weighted by Crippen LogP contribution is 2.53. The predicted molar refractivity (Wildman–Crippen MR) is 225 cm³/mol. The van der Waals surface area contributed by atoms with E-state index >= 15 is 0 Å². The third-order valence-corrected chi connectivity index (χ3v) is 12.7. The van der Waals surface area contributed by atoms with Crippen molar-refractivity contribution in [1.82, 2.24) is 0 Å². The molecule has 0 spiro atoms. The van der Waals surface area contributed by atoms with Crippen molar-refractivity contribution in [2.45, 2.75) is 107 Å². The number of ketones is 2. The van der Waals surface area contributed by atoms with E-state index in [1.54, 1.807) is 6.92 Å². The normalized spacial score (nSPS) is 23.4. The lowest BCUT2D eigenvalue weighted by Gasteiger charge is -2.38. The van der Waals surface area contributed by atoms with Crippen LogP contribution in [0.2, 0.25) is 0 Å². The van der Waals surface area contributed by atoms with Gasteiger partial charge in [-0.3, -0.25) is 32.2 Å². The van der Waals surface area contributed by atoms with Gasteiger partial charge < -0.3 is 4.52 Å². The zero-order valence-corrected chi connectivity index (χ0v) is 37.3. The summed E-state index contributed by atoms with van der Waals surface area (Å²) in [4.78, 5) is 26.1. The zero-order chi connectivity index (χ0) is 41.8. The molecule has 2 aliphatic rings. The Balaban J connectivity index is 1.96. The van der Waals surface area contributed by atoms with E-state index in [2.05, 4.69) is 45.9 Å². The van der Waals surface area contributed by atoms with Gasteiger partial charge in [-0.1, -0.05) is 128 Å². The lowest BCUT2D eigenvalue weighted by molar-refractivity contribution is -0.125. The molecule has 0 fully saturated rings. The van der Waals surface area contributed by atoms with Gasteiger partial charge in [0.15, 0.2) is 11.6 Å². The quantitative estimate of drug-likeness (QED) is 0.0987. The summed E-state index contributed by atoms with van der Waals surface area (Å²) in [6.45, 7) is 21.5. The topological polar surface area (TPSA) is 114 Å². The molecule has 2 aliphatic carbocycles. The van der Waals surface area contributed by atoms with E-state index in [4.69, 9.17) is 22.6 Å². The van der Waals surface area contributed by atoms with Gasteiger partial charge in [0.05, 0.1) is 0 Å². The third kappa shape index (κ3) is 14.8. The molecule has 0 aromatic heterocycles. The third-order valence-electron chi connectivity index (χ3n) is 10.0. The maximum absolute atomic E-state index is 13.1. The summed E-state index contributed by atoms with van der Waals surface area (Å²) in [5, 5.41) is 0. The van der Waals surface area contributed by atoms with Crippen molar-refractivity contribution in [2.24, 2.45) is 10.8 Å². The zero-order valence-electron chi connectivity index (χ0n) is 35.5. The average Bonchev–Trinajstić information content (AvgIpc) is 3.10. The number of phosphoric acid groups is 1. The first-order valence-corrected chi connectivity index (χ1v) is 22.1. The van der Waals surface area contributed by atoms with E-state index in [-0.39, 0.29) is 17.0 Å².